The monoisotopic (exact) mass is 791 g/mol. The Balaban J connectivity index is 1.35. The van der Waals surface area contributed by atoms with Crippen LogP contribution in [0.3, 0.4) is 0 Å². The van der Waals surface area contributed by atoms with Gasteiger partial charge in [0.1, 0.15) is 17.1 Å². The highest BCUT2D eigenvalue weighted by molar-refractivity contribution is 8.00. The van der Waals surface area contributed by atoms with Crippen molar-refractivity contribution in [3.63, 3.8) is 0 Å². The Morgan fingerprint density at radius 1 is 0.982 bits per heavy atom. The molecule has 8 unspecified atom stereocenters. The molecule has 9 nitrogen and oxygen atoms in total. The number of anilines is 1. The number of carbonyl (C=O) groups excluding carboxylic acids is 3. The van der Waals surface area contributed by atoms with E-state index in [1.165, 1.54) is 12.7 Å². The molecule has 4 bridgehead atoms. The first-order valence-electron chi connectivity index (χ1n) is 20.4. The van der Waals surface area contributed by atoms with Crippen molar-refractivity contribution in [3.8, 4) is 17.2 Å². The molecule has 3 saturated carbocycles. The lowest BCUT2D eigenvalue weighted by Crippen LogP contribution is -2.79. The molecule has 0 radical (unpaired) electrons. The van der Waals surface area contributed by atoms with Gasteiger partial charge in [0.05, 0.1) is 36.3 Å². The molecule has 2 aromatic carbocycles. The summed E-state index contributed by atoms with van der Waals surface area (Å²) in [7, 11) is 1.36. The van der Waals surface area contributed by atoms with Crippen molar-refractivity contribution in [2.75, 3.05) is 12.4 Å². The van der Waals surface area contributed by atoms with Gasteiger partial charge in [0.25, 0.3) is 0 Å². The number of methoxy groups -OCH3 is 1. The second-order valence-corrected chi connectivity index (χ2v) is 19.5. The van der Waals surface area contributed by atoms with Crippen LogP contribution in [0.15, 0.2) is 70.2 Å². The van der Waals surface area contributed by atoms with Crippen LogP contribution in [0.25, 0.3) is 5.57 Å². The summed E-state index contributed by atoms with van der Waals surface area (Å²) >= 11 is 1.74. The average Bonchev–Trinajstić information content (AvgIpc) is 3.23. The van der Waals surface area contributed by atoms with E-state index in [1.54, 1.807) is 24.8 Å². The van der Waals surface area contributed by atoms with Crippen LogP contribution in [0.2, 0.25) is 0 Å². The van der Waals surface area contributed by atoms with Gasteiger partial charge >= 0.3 is 11.9 Å². The lowest BCUT2D eigenvalue weighted by Gasteiger charge is -2.65. The predicted molar refractivity (Wildman–Crippen MR) is 220 cm³/mol. The Hall–Kier alpha value is -4.28. The Labute approximate surface area is 339 Å². The van der Waals surface area contributed by atoms with Gasteiger partial charge in [0.2, 0.25) is 0 Å². The second-order valence-electron chi connectivity index (χ2n) is 18.3. The minimum atomic E-state index is -1.42. The van der Waals surface area contributed by atoms with E-state index in [1.807, 2.05) is 12.1 Å². The topological polar surface area (TPSA) is 109 Å². The number of benzene rings is 2. The molecule has 2 aromatic rings. The summed E-state index contributed by atoms with van der Waals surface area (Å²) in [5, 5.41) is 3.82. The number of hydrogen-bond donors (Lipinski definition) is 1. The molecule has 10 heteroatoms. The van der Waals surface area contributed by atoms with Crippen molar-refractivity contribution in [2.45, 2.75) is 133 Å². The van der Waals surface area contributed by atoms with E-state index in [9.17, 15) is 9.59 Å². The summed E-state index contributed by atoms with van der Waals surface area (Å²) in [5.41, 5.74) is 3.08. The lowest BCUT2D eigenvalue weighted by molar-refractivity contribution is -0.208. The van der Waals surface area contributed by atoms with Crippen molar-refractivity contribution >= 4 is 40.7 Å². The SMILES string of the molecule is COC(=O)/C(C)=C\CC12OC(C)(C)C3CC(C1=O)C1Sc4ccccc4NC4c5c(c(CC=C(C)C)c6c7c5OC(=O)CC7=CC(C)(CCC=C(C)C)O6)OC32C41. The lowest BCUT2D eigenvalue weighted by atomic mass is 9.45. The van der Waals surface area contributed by atoms with Crippen LogP contribution in [0, 0.1) is 17.8 Å². The van der Waals surface area contributed by atoms with Crippen LogP contribution in [-0.2, 0) is 30.3 Å². The number of thioether (sulfide) groups is 1. The molecule has 1 saturated heterocycles. The zero-order valence-corrected chi connectivity index (χ0v) is 35.2. The van der Waals surface area contributed by atoms with Crippen LogP contribution in [0.5, 0.6) is 17.2 Å². The number of hydrogen-bond acceptors (Lipinski definition) is 10. The number of esters is 2. The third-order valence-corrected chi connectivity index (χ3v) is 15.1. The van der Waals surface area contributed by atoms with Crippen molar-refractivity contribution in [2.24, 2.45) is 17.8 Å². The average molecular weight is 792 g/mol. The quantitative estimate of drug-likeness (QED) is 0.120. The van der Waals surface area contributed by atoms with Crippen LogP contribution < -0.4 is 19.5 Å². The fourth-order valence-corrected chi connectivity index (χ4v) is 12.9. The van der Waals surface area contributed by atoms with Gasteiger partial charge in [0.15, 0.2) is 22.7 Å². The number of Topliss-reactive ketones (excluding diaryl/α,β-unsaturated/α-hetero) is 1. The number of nitrogens with one attached hydrogen (secondary N) is 1. The molecule has 8 atom stereocenters. The van der Waals surface area contributed by atoms with Crippen molar-refractivity contribution < 1.29 is 38.1 Å². The number of para-hydroxylation sites is 1. The van der Waals surface area contributed by atoms with E-state index in [-0.39, 0.29) is 47.6 Å². The smallest absolute Gasteiger partial charge is 0.333 e. The molecule has 57 heavy (non-hydrogen) atoms. The molecule has 0 aromatic heterocycles. The van der Waals surface area contributed by atoms with E-state index in [0.717, 1.165) is 44.8 Å². The fourth-order valence-electron chi connectivity index (χ4n) is 11.3. The van der Waals surface area contributed by atoms with Gasteiger partial charge in [-0.1, -0.05) is 41.5 Å². The van der Waals surface area contributed by atoms with Crippen LogP contribution >= 0.6 is 11.8 Å². The van der Waals surface area contributed by atoms with E-state index in [4.69, 9.17) is 23.7 Å². The van der Waals surface area contributed by atoms with Gasteiger partial charge in [0, 0.05) is 51.1 Å². The standard InChI is InChI=1S/C47H53NO8S/c1-24(2)13-12-19-45(8)23-27-21-33(49)53-40-34(27)38(54-45)28(17-16-25(3)4)39-35(40)37-36-41(57-31-15-11-10-14-30(31)48-37)29-22-32-44(6,7)56-46(42(29)50,47(32,36)55-39)20-18-26(5)43(51)52-9/h10-11,13-16,18,23,29,32,36-37,41,48H,12,17,19-22H2,1-9H3/b26-18-. The minimum absolute atomic E-state index is 0.0125. The van der Waals surface area contributed by atoms with Gasteiger partial charge in [-0.15, -0.1) is 11.8 Å². The zero-order valence-electron chi connectivity index (χ0n) is 34.4. The first-order valence-corrected chi connectivity index (χ1v) is 21.2. The molecule has 3 aliphatic carbocycles. The summed E-state index contributed by atoms with van der Waals surface area (Å²) < 4.78 is 33.8. The molecule has 10 rings (SSSR count). The van der Waals surface area contributed by atoms with Crippen molar-refractivity contribution in [1.29, 1.82) is 0 Å². The first kappa shape index (κ1) is 38.2. The van der Waals surface area contributed by atoms with Crippen molar-refractivity contribution in [3.05, 3.63) is 82.0 Å². The summed E-state index contributed by atoms with van der Waals surface area (Å²) in [6, 6.07) is 7.83. The Morgan fingerprint density at radius 2 is 1.74 bits per heavy atom. The molecule has 1 N–H and O–H groups in total. The van der Waals surface area contributed by atoms with Crippen LogP contribution in [0.1, 0.15) is 110 Å². The number of ether oxygens (including phenoxy) is 5. The van der Waals surface area contributed by atoms with Crippen molar-refractivity contribution in [1.82, 2.24) is 0 Å². The molecule has 5 heterocycles. The summed E-state index contributed by atoms with van der Waals surface area (Å²) in [4.78, 5) is 43.1. The van der Waals surface area contributed by atoms with Crippen LogP contribution in [0.4, 0.5) is 5.69 Å². The third kappa shape index (κ3) is 5.48. The Morgan fingerprint density at radius 3 is 2.47 bits per heavy atom. The fraction of sp³-hybridized carbons (Fsp3) is 0.511. The van der Waals surface area contributed by atoms with Gasteiger partial charge < -0.3 is 29.0 Å². The molecule has 5 aliphatic heterocycles. The second kappa shape index (κ2) is 13.1. The predicted octanol–water partition coefficient (Wildman–Crippen LogP) is 9.44. The van der Waals surface area contributed by atoms with Gasteiger partial charge in [-0.25, -0.2) is 4.79 Å². The van der Waals surface area contributed by atoms with Crippen LogP contribution in [-0.4, -0.2) is 52.5 Å². The highest BCUT2D eigenvalue weighted by Gasteiger charge is 2.85. The van der Waals surface area contributed by atoms with E-state index in [2.05, 4.69) is 84.1 Å². The summed E-state index contributed by atoms with van der Waals surface area (Å²) in [6.07, 6.45) is 11.3. The number of rotatable bonds is 8. The number of fused-ring (bicyclic) bond motifs is 4. The zero-order chi connectivity index (χ0) is 40.4. The molecule has 0 amide bonds. The maximum absolute atomic E-state index is 15.5. The van der Waals surface area contributed by atoms with E-state index in [0.29, 0.717) is 42.1 Å². The molecule has 300 valence electrons. The van der Waals surface area contributed by atoms with Gasteiger partial charge in [-0.3, -0.25) is 9.59 Å². The van der Waals surface area contributed by atoms with E-state index < -0.39 is 34.4 Å². The van der Waals surface area contributed by atoms with E-state index >= 15 is 4.79 Å². The Bertz CT molecular complexity index is 2260. The number of allylic oxidation sites excluding steroid dienone is 4. The normalized spacial score (nSPS) is 33.0. The summed E-state index contributed by atoms with van der Waals surface area (Å²) in [6.45, 7) is 16.3. The van der Waals surface area contributed by atoms with Gasteiger partial charge in [-0.2, -0.15) is 0 Å². The Kier molecular flexibility index (Phi) is 8.80. The number of ketones is 1. The number of carbonyl (C=O) groups is 3. The molecule has 4 fully saturated rings. The van der Waals surface area contributed by atoms with Gasteiger partial charge in [-0.05, 0) is 105 Å². The highest BCUT2D eigenvalue weighted by Crippen LogP contribution is 2.75. The molecular weight excluding hydrogens is 739 g/mol. The first-order chi connectivity index (χ1) is 27.0. The minimum Gasteiger partial charge on any atom is -0.482 e. The molecular formula is C47H53NO8S. The largest absolute Gasteiger partial charge is 0.482 e. The molecule has 8 aliphatic rings. The maximum atomic E-state index is 15.5. The maximum Gasteiger partial charge on any atom is 0.333 e. The summed E-state index contributed by atoms with van der Waals surface area (Å²) in [5.74, 6) is 0.133. The molecule has 1 spiro atoms. The highest BCUT2D eigenvalue weighted by atomic mass is 32.2. The third-order valence-electron chi connectivity index (χ3n) is 13.6.